The molecule has 0 saturated carbocycles. The predicted molar refractivity (Wildman–Crippen MR) is 86.6 cm³/mol. The molecular formula is C15H15Cl2NOS. The van der Waals surface area contributed by atoms with Crippen molar-refractivity contribution in [2.75, 3.05) is 11.9 Å². The number of thiophene rings is 1. The van der Waals surface area contributed by atoms with Gasteiger partial charge in [0.25, 0.3) is 0 Å². The Kier molecular flexibility index (Phi) is 4.11. The average Bonchev–Trinajstić information content (AvgIpc) is 2.94. The van der Waals surface area contributed by atoms with E-state index in [1.807, 2.05) is 25.1 Å². The second-order valence-electron chi connectivity index (χ2n) is 4.74. The van der Waals surface area contributed by atoms with Crippen molar-refractivity contribution in [2.24, 2.45) is 0 Å². The Morgan fingerprint density at radius 2 is 2.20 bits per heavy atom. The van der Waals surface area contributed by atoms with Crippen LogP contribution in [-0.4, -0.2) is 6.61 Å². The lowest BCUT2D eigenvalue weighted by Gasteiger charge is -2.15. The monoisotopic (exact) mass is 327 g/mol. The zero-order chi connectivity index (χ0) is 14.1. The Morgan fingerprint density at radius 1 is 1.35 bits per heavy atom. The van der Waals surface area contributed by atoms with Crippen LogP contribution in [0, 0.1) is 0 Å². The fourth-order valence-corrected chi connectivity index (χ4v) is 4.14. The molecule has 0 bridgehead atoms. The molecule has 1 aliphatic rings. The van der Waals surface area contributed by atoms with Gasteiger partial charge in [-0.15, -0.1) is 11.3 Å². The van der Waals surface area contributed by atoms with E-state index in [0.717, 1.165) is 28.6 Å². The maximum atomic E-state index is 6.21. The molecular weight excluding hydrogens is 313 g/mol. The van der Waals surface area contributed by atoms with E-state index in [9.17, 15) is 0 Å². The number of anilines is 1. The highest BCUT2D eigenvalue weighted by Gasteiger charge is 2.25. The van der Waals surface area contributed by atoms with Crippen LogP contribution in [0.3, 0.4) is 0 Å². The van der Waals surface area contributed by atoms with Crippen LogP contribution in [0.2, 0.25) is 9.36 Å². The highest BCUT2D eigenvalue weighted by atomic mass is 35.5. The summed E-state index contributed by atoms with van der Waals surface area (Å²) >= 11 is 14.0. The van der Waals surface area contributed by atoms with Gasteiger partial charge in [-0.3, -0.25) is 0 Å². The van der Waals surface area contributed by atoms with E-state index in [4.69, 9.17) is 27.9 Å². The molecule has 0 spiro atoms. The van der Waals surface area contributed by atoms with Crippen LogP contribution in [0.15, 0.2) is 24.3 Å². The maximum absolute atomic E-state index is 6.21. The van der Waals surface area contributed by atoms with Gasteiger partial charge in [-0.25, -0.2) is 0 Å². The second kappa shape index (κ2) is 5.84. The van der Waals surface area contributed by atoms with Gasteiger partial charge in [0.05, 0.1) is 22.0 Å². The van der Waals surface area contributed by atoms with Gasteiger partial charge in [-0.2, -0.15) is 0 Å². The molecule has 1 aromatic carbocycles. The van der Waals surface area contributed by atoms with Crippen LogP contribution in [0.25, 0.3) is 0 Å². The first-order valence-electron chi connectivity index (χ1n) is 6.64. The summed E-state index contributed by atoms with van der Waals surface area (Å²) in [5, 5.41) is 4.17. The number of benzene rings is 1. The van der Waals surface area contributed by atoms with Crippen molar-refractivity contribution in [2.45, 2.75) is 25.8 Å². The van der Waals surface area contributed by atoms with E-state index in [1.165, 1.54) is 10.4 Å². The molecule has 0 amide bonds. The first-order valence-corrected chi connectivity index (χ1v) is 8.21. The van der Waals surface area contributed by atoms with Crippen molar-refractivity contribution in [1.82, 2.24) is 0 Å². The highest BCUT2D eigenvalue weighted by molar-refractivity contribution is 7.16. The minimum atomic E-state index is 0.322. The lowest BCUT2D eigenvalue weighted by atomic mass is 10.1. The number of halogens is 2. The molecule has 1 unspecified atom stereocenters. The summed E-state index contributed by atoms with van der Waals surface area (Å²) in [6, 6.07) is 8.22. The smallest absolute Gasteiger partial charge is 0.138 e. The minimum Gasteiger partial charge on any atom is -0.492 e. The molecule has 1 N–H and O–H groups in total. The molecule has 3 rings (SSSR count). The Hall–Kier alpha value is -0.900. The molecule has 0 radical (unpaired) electrons. The van der Waals surface area contributed by atoms with Gasteiger partial charge in [0.15, 0.2) is 0 Å². The van der Waals surface area contributed by atoms with E-state index in [2.05, 4.69) is 11.4 Å². The van der Waals surface area contributed by atoms with Gasteiger partial charge in [0, 0.05) is 10.6 Å². The van der Waals surface area contributed by atoms with Crippen LogP contribution in [0.4, 0.5) is 5.69 Å². The van der Waals surface area contributed by atoms with Crippen LogP contribution in [0.5, 0.6) is 5.75 Å². The van der Waals surface area contributed by atoms with E-state index in [0.29, 0.717) is 17.7 Å². The molecule has 106 valence electrons. The van der Waals surface area contributed by atoms with Crippen LogP contribution in [-0.2, 0) is 6.42 Å². The molecule has 1 heterocycles. The number of aryl methyl sites for hydroxylation is 1. The van der Waals surface area contributed by atoms with Crippen molar-refractivity contribution < 1.29 is 4.74 Å². The molecule has 1 aromatic heterocycles. The molecule has 1 aliphatic carbocycles. The summed E-state index contributed by atoms with van der Waals surface area (Å²) < 4.78 is 6.31. The third-order valence-corrected chi connectivity index (χ3v) is 5.05. The fraction of sp³-hybridized carbons (Fsp3) is 0.333. The molecule has 0 aliphatic heterocycles. The van der Waals surface area contributed by atoms with Crippen LogP contribution < -0.4 is 10.1 Å². The van der Waals surface area contributed by atoms with Crippen molar-refractivity contribution in [3.8, 4) is 5.75 Å². The maximum Gasteiger partial charge on any atom is 0.138 e. The Balaban J connectivity index is 1.77. The summed E-state index contributed by atoms with van der Waals surface area (Å²) in [6.45, 7) is 2.56. The van der Waals surface area contributed by atoms with Gasteiger partial charge >= 0.3 is 0 Å². The normalized spacial score (nSPS) is 17.1. The van der Waals surface area contributed by atoms with E-state index in [1.54, 1.807) is 11.3 Å². The highest BCUT2D eigenvalue weighted by Crippen LogP contribution is 2.41. The molecule has 0 saturated heterocycles. The molecule has 1 atom stereocenters. The lowest BCUT2D eigenvalue weighted by molar-refractivity contribution is 0.340. The zero-order valence-electron chi connectivity index (χ0n) is 11.1. The van der Waals surface area contributed by atoms with Crippen molar-refractivity contribution in [3.63, 3.8) is 0 Å². The molecule has 20 heavy (non-hydrogen) atoms. The number of fused-ring (bicyclic) bond motifs is 1. The van der Waals surface area contributed by atoms with Crippen LogP contribution >= 0.6 is 34.5 Å². The Morgan fingerprint density at radius 3 is 2.95 bits per heavy atom. The summed E-state index contributed by atoms with van der Waals surface area (Å²) in [4.78, 5) is 1.39. The van der Waals surface area contributed by atoms with Crippen molar-refractivity contribution in [1.29, 1.82) is 0 Å². The first-order chi connectivity index (χ1) is 9.67. The fourth-order valence-electron chi connectivity index (χ4n) is 2.54. The third-order valence-electron chi connectivity index (χ3n) is 3.42. The lowest BCUT2D eigenvalue weighted by Crippen LogP contribution is -2.06. The summed E-state index contributed by atoms with van der Waals surface area (Å²) in [6.07, 6.45) is 2.19. The van der Waals surface area contributed by atoms with E-state index < -0.39 is 0 Å². The number of hydrogen-bond acceptors (Lipinski definition) is 3. The predicted octanol–water partition coefficient (Wildman–Crippen LogP) is 5.55. The Bertz CT molecular complexity index is 626. The summed E-state index contributed by atoms with van der Waals surface area (Å²) in [7, 11) is 0. The molecule has 0 fully saturated rings. The number of rotatable bonds is 4. The molecule has 2 aromatic rings. The van der Waals surface area contributed by atoms with Crippen LogP contribution in [0.1, 0.15) is 29.8 Å². The second-order valence-corrected chi connectivity index (χ2v) is 6.92. The minimum absolute atomic E-state index is 0.322. The Labute approximate surface area is 132 Å². The standard InChI is InChI=1S/C15H15Cl2NOS/c1-2-19-13-5-3-9(7-11(13)16)18-12-4-6-14-10(12)8-15(17)20-14/h3,5,7-8,12,18H,2,4,6H2,1H3. The van der Waals surface area contributed by atoms with Gasteiger partial charge in [-0.1, -0.05) is 23.2 Å². The average molecular weight is 328 g/mol. The van der Waals surface area contributed by atoms with Gasteiger partial charge in [0.1, 0.15) is 5.75 Å². The molecule has 2 nitrogen and oxygen atoms in total. The first kappa shape index (κ1) is 14.1. The summed E-state index contributed by atoms with van der Waals surface area (Å²) in [5.41, 5.74) is 2.34. The van der Waals surface area contributed by atoms with E-state index in [-0.39, 0.29) is 0 Å². The van der Waals surface area contributed by atoms with E-state index >= 15 is 0 Å². The van der Waals surface area contributed by atoms with Gasteiger partial charge in [0.2, 0.25) is 0 Å². The van der Waals surface area contributed by atoms with Gasteiger partial charge in [-0.05, 0) is 49.6 Å². The number of nitrogens with one attached hydrogen (secondary N) is 1. The largest absolute Gasteiger partial charge is 0.492 e. The third kappa shape index (κ3) is 2.76. The number of ether oxygens (including phenoxy) is 1. The SMILES string of the molecule is CCOc1ccc(NC2CCc3sc(Cl)cc32)cc1Cl. The van der Waals surface area contributed by atoms with Crippen molar-refractivity contribution in [3.05, 3.63) is 44.1 Å². The molecule has 5 heteroatoms. The van der Waals surface area contributed by atoms with Crippen molar-refractivity contribution >= 4 is 40.2 Å². The van der Waals surface area contributed by atoms with Gasteiger partial charge < -0.3 is 10.1 Å². The topological polar surface area (TPSA) is 21.3 Å². The number of hydrogen-bond donors (Lipinski definition) is 1. The summed E-state index contributed by atoms with van der Waals surface area (Å²) in [5.74, 6) is 0.727. The quantitative estimate of drug-likeness (QED) is 0.794. The zero-order valence-corrected chi connectivity index (χ0v) is 13.4.